The van der Waals surface area contributed by atoms with Crippen molar-refractivity contribution < 1.29 is 24.5 Å². The fourth-order valence-corrected chi connectivity index (χ4v) is 4.33. The Balaban J connectivity index is 2.12. The smallest absolute Gasteiger partial charge is 0.209 e. The van der Waals surface area contributed by atoms with Crippen molar-refractivity contribution >= 4 is 5.78 Å². The van der Waals surface area contributed by atoms with Gasteiger partial charge in [-0.25, -0.2) is 0 Å². The predicted molar refractivity (Wildman–Crippen MR) is 102 cm³/mol. The molecule has 9 nitrogen and oxygen atoms in total. The minimum Gasteiger partial charge on any atom is -0.493 e. The molecule has 3 rings (SSSR count). The van der Waals surface area contributed by atoms with Crippen LogP contribution in [0.15, 0.2) is 12.1 Å². The van der Waals surface area contributed by atoms with Crippen LogP contribution in [-0.4, -0.2) is 53.1 Å². The Labute approximate surface area is 164 Å². The molecule has 28 heavy (non-hydrogen) atoms. The molecule has 3 atom stereocenters. The maximum Gasteiger partial charge on any atom is 0.209 e. The van der Waals surface area contributed by atoms with E-state index in [1.165, 1.54) is 14.2 Å². The summed E-state index contributed by atoms with van der Waals surface area (Å²) in [6.45, 7) is 3.41. The number of methoxy groups -OCH3 is 2. The van der Waals surface area contributed by atoms with Crippen LogP contribution in [0, 0.1) is 5.92 Å². The van der Waals surface area contributed by atoms with Gasteiger partial charge in [-0.3, -0.25) is 15.4 Å². The highest BCUT2D eigenvalue weighted by Gasteiger charge is 2.58. The number of nitrogens with zero attached hydrogens (tertiary/aromatic N) is 1. The van der Waals surface area contributed by atoms with Gasteiger partial charge in [0.25, 0.3) is 0 Å². The summed E-state index contributed by atoms with van der Waals surface area (Å²) >= 11 is 0. The second kappa shape index (κ2) is 6.65. The summed E-state index contributed by atoms with van der Waals surface area (Å²) in [6.07, 6.45) is 0.352. The van der Waals surface area contributed by atoms with Gasteiger partial charge in [0.2, 0.25) is 5.85 Å². The second-order valence-electron chi connectivity index (χ2n) is 8.44. The van der Waals surface area contributed by atoms with Crippen LogP contribution >= 0.6 is 0 Å². The molecule has 0 saturated carbocycles. The third-order valence-electron chi connectivity index (χ3n) is 5.80. The topological polar surface area (TPSA) is 157 Å². The van der Waals surface area contributed by atoms with Gasteiger partial charge in [-0.2, -0.15) is 0 Å². The number of hydrogen-bond acceptors (Lipinski definition) is 9. The summed E-state index contributed by atoms with van der Waals surface area (Å²) in [4.78, 5) is 14.4. The molecule has 8 N–H and O–H groups in total. The van der Waals surface area contributed by atoms with E-state index < -0.39 is 29.1 Å². The second-order valence-corrected chi connectivity index (χ2v) is 8.44. The fourth-order valence-electron chi connectivity index (χ4n) is 4.33. The van der Waals surface area contributed by atoms with E-state index in [0.717, 1.165) is 0 Å². The summed E-state index contributed by atoms with van der Waals surface area (Å²) in [5.74, 6) is -1.76. The summed E-state index contributed by atoms with van der Waals surface area (Å²) in [6, 6.07) is 2.80. The van der Waals surface area contributed by atoms with Crippen LogP contribution in [0.2, 0.25) is 0 Å². The van der Waals surface area contributed by atoms with Crippen molar-refractivity contribution in [3.05, 3.63) is 23.3 Å². The molecule has 0 spiro atoms. The first-order chi connectivity index (χ1) is 12.8. The van der Waals surface area contributed by atoms with Crippen LogP contribution in [0.4, 0.5) is 0 Å². The van der Waals surface area contributed by atoms with Gasteiger partial charge in [-0.05, 0) is 38.0 Å². The highest BCUT2D eigenvalue weighted by atomic mass is 16.5. The molecule has 1 aromatic carbocycles. The van der Waals surface area contributed by atoms with E-state index in [1.807, 2.05) is 0 Å². The van der Waals surface area contributed by atoms with E-state index in [4.69, 9.17) is 26.7 Å². The first-order valence-corrected chi connectivity index (χ1v) is 9.20. The summed E-state index contributed by atoms with van der Waals surface area (Å²) in [5.41, 5.74) is 17.1. The van der Waals surface area contributed by atoms with E-state index in [0.29, 0.717) is 22.6 Å². The van der Waals surface area contributed by atoms with E-state index in [-0.39, 0.29) is 25.2 Å². The molecule has 1 saturated heterocycles. The Hall–Kier alpha value is -1.75. The van der Waals surface area contributed by atoms with Crippen molar-refractivity contribution in [1.82, 2.24) is 4.90 Å². The zero-order valence-electron chi connectivity index (χ0n) is 16.7. The summed E-state index contributed by atoms with van der Waals surface area (Å²) < 4.78 is 10.7. The lowest BCUT2D eigenvalue weighted by Gasteiger charge is -2.56. The number of ether oxygens (including phenoxy) is 2. The Morgan fingerprint density at radius 2 is 1.79 bits per heavy atom. The number of aliphatic hydroxyl groups is 2. The third-order valence-corrected chi connectivity index (χ3v) is 5.80. The highest BCUT2D eigenvalue weighted by molar-refractivity contribution is 5.83. The lowest BCUT2D eigenvalue weighted by molar-refractivity contribution is -0.203. The Kier molecular flexibility index (Phi) is 4.98. The average Bonchev–Trinajstić information content (AvgIpc) is 2.59. The van der Waals surface area contributed by atoms with Crippen LogP contribution in [0.3, 0.4) is 0 Å². The number of hydrogen-bond donors (Lipinski definition) is 5. The quantitative estimate of drug-likeness (QED) is 0.424. The predicted octanol–water partition coefficient (Wildman–Crippen LogP) is -0.514. The molecule has 0 aromatic heterocycles. The molecule has 9 heteroatoms. The van der Waals surface area contributed by atoms with Gasteiger partial charge in [-0.15, -0.1) is 0 Å². The summed E-state index contributed by atoms with van der Waals surface area (Å²) in [5, 5.41) is 21.3. The molecule has 0 radical (unpaired) electrons. The molecule has 0 aliphatic carbocycles. The number of piperidine rings is 1. The zero-order valence-corrected chi connectivity index (χ0v) is 16.7. The monoisotopic (exact) mass is 394 g/mol. The molecule has 0 amide bonds. The van der Waals surface area contributed by atoms with Gasteiger partial charge in [0.1, 0.15) is 11.4 Å². The molecular formula is C19H30N4O5. The zero-order chi connectivity index (χ0) is 21.1. The molecule has 2 aliphatic rings. The number of nitrogens with two attached hydrogens (primary N) is 3. The number of rotatable bonds is 4. The van der Waals surface area contributed by atoms with Crippen molar-refractivity contribution in [1.29, 1.82) is 0 Å². The number of benzene rings is 1. The van der Waals surface area contributed by atoms with Crippen LogP contribution < -0.4 is 26.7 Å². The standard InChI is InChI=1S/C19H30N4O5/c1-17(2,25)8-10-9-23-13(7-14(10)24)11-5-15(27-3)16(28-4)6-12(11)18(20,21)19(23,22)26/h5-6,10,13,25-26H,7-9,20-22H2,1-4H3. The number of carbonyl (C=O) groups excluding carboxylic acids is 1. The van der Waals surface area contributed by atoms with Crippen LogP contribution in [0.1, 0.15) is 43.9 Å². The van der Waals surface area contributed by atoms with E-state index in [2.05, 4.69) is 0 Å². The minimum atomic E-state index is -2.11. The van der Waals surface area contributed by atoms with Crippen LogP contribution in [0.25, 0.3) is 0 Å². The summed E-state index contributed by atoms with van der Waals surface area (Å²) in [7, 11) is 2.99. The molecule has 1 fully saturated rings. The Bertz CT molecular complexity index is 787. The number of carbonyl (C=O) groups is 1. The van der Waals surface area contributed by atoms with Crippen molar-refractivity contribution in [2.24, 2.45) is 23.1 Å². The molecule has 3 unspecified atom stereocenters. The number of Topliss-reactive ketones (excluding diaryl/α,β-unsaturated/α-hetero) is 1. The molecule has 0 bridgehead atoms. The van der Waals surface area contributed by atoms with E-state index in [1.54, 1.807) is 30.9 Å². The van der Waals surface area contributed by atoms with Gasteiger partial charge in [0.05, 0.1) is 19.8 Å². The molecule has 2 aliphatic heterocycles. The lowest BCUT2D eigenvalue weighted by atomic mass is 9.74. The Morgan fingerprint density at radius 1 is 1.21 bits per heavy atom. The maximum absolute atomic E-state index is 12.8. The van der Waals surface area contributed by atoms with Crippen LogP contribution in [-0.2, 0) is 10.5 Å². The maximum atomic E-state index is 12.8. The van der Waals surface area contributed by atoms with E-state index >= 15 is 0 Å². The number of fused-ring (bicyclic) bond motifs is 3. The van der Waals surface area contributed by atoms with Gasteiger partial charge in [0.15, 0.2) is 11.5 Å². The minimum absolute atomic E-state index is 0.0125. The van der Waals surface area contributed by atoms with Gasteiger partial charge >= 0.3 is 0 Å². The number of ketones is 1. The van der Waals surface area contributed by atoms with Crippen molar-refractivity contribution in [3.8, 4) is 11.5 Å². The first-order valence-electron chi connectivity index (χ1n) is 9.20. The molecular weight excluding hydrogens is 364 g/mol. The third kappa shape index (κ3) is 3.18. The van der Waals surface area contributed by atoms with Crippen molar-refractivity contribution in [2.45, 2.75) is 49.8 Å². The van der Waals surface area contributed by atoms with Gasteiger partial charge in [-0.1, -0.05) is 0 Å². The Morgan fingerprint density at radius 3 is 2.32 bits per heavy atom. The van der Waals surface area contributed by atoms with Gasteiger partial charge < -0.3 is 31.2 Å². The largest absolute Gasteiger partial charge is 0.493 e. The SMILES string of the molecule is COc1cc2c(cc1OC)C(N)(N)C(N)(O)N1CC(CC(C)(C)O)C(=O)CC21. The normalized spacial score (nSPS) is 29.8. The average molecular weight is 394 g/mol. The molecule has 156 valence electrons. The lowest BCUT2D eigenvalue weighted by Crippen LogP contribution is -2.79. The van der Waals surface area contributed by atoms with Crippen LogP contribution in [0.5, 0.6) is 11.5 Å². The molecule has 1 aromatic rings. The van der Waals surface area contributed by atoms with Crippen molar-refractivity contribution in [3.63, 3.8) is 0 Å². The highest BCUT2D eigenvalue weighted by Crippen LogP contribution is 2.49. The van der Waals surface area contributed by atoms with Gasteiger partial charge in [0, 0.05) is 30.5 Å². The fraction of sp³-hybridized carbons (Fsp3) is 0.632. The van der Waals surface area contributed by atoms with Crippen molar-refractivity contribution in [2.75, 3.05) is 20.8 Å². The molecule has 2 heterocycles. The van der Waals surface area contributed by atoms with E-state index in [9.17, 15) is 15.0 Å². The first kappa shape index (κ1) is 21.0.